The smallest absolute Gasteiger partial charge is 0.243 e. The number of benzene rings is 2. The number of halogens is 1. The predicted molar refractivity (Wildman–Crippen MR) is 132 cm³/mol. The molecule has 1 aliphatic heterocycles. The molecule has 5 rings (SSSR count). The fourth-order valence-electron chi connectivity index (χ4n) is 4.11. The van der Waals surface area contributed by atoms with Gasteiger partial charge < -0.3 is 4.42 Å². The fourth-order valence-corrected chi connectivity index (χ4v) is 6.73. The third-order valence-corrected chi connectivity index (χ3v) is 9.05. The van der Waals surface area contributed by atoms with Gasteiger partial charge in [-0.25, -0.2) is 13.4 Å². The van der Waals surface area contributed by atoms with Crippen LogP contribution in [0.1, 0.15) is 18.6 Å². The number of furan rings is 1. The minimum absolute atomic E-state index is 0.114. The second-order valence-electron chi connectivity index (χ2n) is 8.12. The van der Waals surface area contributed by atoms with Gasteiger partial charge in [-0.15, -0.1) is 0 Å². The molecule has 0 bridgehead atoms. The zero-order chi connectivity index (χ0) is 23.7. The molecule has 1 fully saturated rings. The Morgan fingerprint density at radius 2 is 1.94 bits per heavy atom. The van der Waals surface area contributed by atoms with E-state index in [2.05, 4.69) is 4.98 Å². The Morgan fingerprint density at radius 1 is 1.15 bits per heavy atom. The minimum atomic E-state index is -3.73. The Hall–Kier alpha value is -2.72. The molecule has 0 N–H and O–H groups in total. The molecule has 176 valence electrons. The lowest BCUT2D eigenvalue weighted by Gasteiger charge is -2.33. The van der Waals surface area contributed by atoms with Crippen LogP contribution in [0.2, 0.25) is 5.02 Å². The summed E-state index contributed by atoms with van der Waals surface area (Å²) in [7, 11) is -3.73. The van der Waals surface area contributed by atoms with E-state index in [-0.39, 0.29) is 23.9 Å². The van der Waals surface area contributed by atoms with Gasteiger partial charge in [0, 0.05) is 18.1 Å². The van der Waals surface area contributed by atoms with Gasteiger partial charge in [-0.3, -0.25) is 9.69 Å². The Balaban J connectivity index is 1.43. The molecule has 2 aromatic carbocycles. The molecular weight excluding hydrogens is 494 g/mol. The van der Waals surface area contributed by atoms with Gasteiger partial charge in [0.1, 0.15) is 5.76 Å². The van der Waals surface area contributed by atoms with Crippen LogP contribution in [0, 0.1) is 5.92 Å². The van der Waals surface area contributed by atoms with Crippen molar-refractivity contribution in [2.24, 2.45) is 5.92 Å². The maximum Gasteiger partial charge on any atom is 0.243 e. The highest BCUT2D eigenvalue weighted by Gasteiger charge is 2.36. The SMILES string of the molecule is O=C(C1CCCN(S(=O)(=O)c2ccc(Cl)cc2)C1)N(Cc1ccco1)c1nc2ccccc2s1. The Labute approximate surface area is 206 Å². The minimum Gasteiger partial charge on any atom is -0.467 e. The summed E-state index contributed by atoms with van der Waals surface area (Å²) in [5.41, 5.74) is 0.815. The van der Waals surface area contributed by atoms with Crippen LogP contribution in [-0.4, -0.2) is 36.7 Å². The van der Waals surface area contributed by atoms with Crippen molar-refractivity contribution >= 4 is 54.2 Å². The number of carbonyl (C=O) groups excluding carboxylic acids is 1. The lowest BCUT2D eigenvalue weighted by molar-refractivity contribution is -0.123. The van der Waals surface area contributed by atoms with Crippen molar-refractivity contribution in [3.05, 3.63) is 77.7 Å². The van der Waals surface area contributed by atoms with Gasteiger partial charge >= 0.3 is 0 Å². The van der Waals surface area contributed by atoms with Crippen LogP contribution in [0.25, 0.3) is 10.2 Å². The first-order valence-corrected chi connectivity index (χ1v) is 13.5. The quantitative estimate of drug-likeness (QED) is 0.353. The van der Waals surface area contributed by atoms with Gasteiger partial charge in [-0.05, 0) is 61.4 Å². The van der Waals surface area contributed by atoms with E-state index in [9.17, 15) is 13.2 Å². The van der Waals surface area contributed by atoms with E-state index in [1.165, 1.54) is 27.8 Å². The number of piperidine rings is 1. The number of amides is 1. The Kier molecular flexibility index (Phi) is 6.44. The first-order chi connectivity index (χ1) is 16.4. The molecule has 4 aromatic rings. The highest BCUT2D eigenvalue weighted by molar-refractivity contribution is 7.89. The number of sulfonamides is 1. The largest absolute Gasteiger partial charge is 0.467 e. The van der Waals surface area contributed by atoms with Crippen LogP contribution >= 0.6 is 22.9 Å². The van der Waals surface area contributed by atoms with E-state index in [0.717, 1.165) is 10.2 Å². The number of aromatic nitrogens is 1. The van der Waals surface area contributed by atoms with E-state index in [1.54, 1.807) is 29.4 Å². The van der Waals surface area contributed by atoms with Gasteiger partial charge in [0.15, 0.2) is 5.13 Å². The maximum absolute atomic E-state index is 13.8. The molecule has 1 unspecified atom stereocenters. The highest BCUT2D eigenvalue weighted by Crippen LogP contribution is 2.33. The molecular formula is C24H22ClN3O4S2. The van der Waals surface area contributed by atoms with Crippen molar-refractivity contribution in [2.45, 2.75) is 24.3 Å². The summed E-state index contributed by atoms with van der Waals surface area (Å²) in [6, 6.07) is 17.4. The number of rotatable bonds is 6. The summed E-state index contributed by atoms with van der Waals surface area (Å²) < 4.78 is 34.3. The molecule has 34 heavy (non-hydrogen) atoms. The number of hydrogen-bond acceptors (Lipinski definition) is 6. The third kappa shape index (κ3) is 4.61. The molecule has 1 saturated heterocycles. The molecule has 1 aliphatic rings. The van der Waals surface area contributed by atoms with Crippen molar-refractivity contribution in [1.29, 1.82) is 0 Å². The number of para-hydroxylation sites is 1. The lowest BCUT2D eigenvalue weighted by Crippen LogP contribution is -2.46. The zero-order valence-electron chi connectivity index (χ0n) is 18.1. The fraction of sp³-hybridized carbons (Fsp3) is 0.250. The summed E-state index contributed by atoms with van der Waals surface area (Å²) >= 11 is 7.35. The van der Waals surface area contributed by atoms with Gasteiger partial charge in [0.05, 0.1) is 33.8 Å². The Morgan fingerprint density at radius 3 is 2.68 bits per heavy atom. The normalized spacial score (nSPS) is 17.1. The number of thiazole rings is 1. The van der Waals surface area contributed by atoms with Crippen LogP contribution < -0.4 is 4.90 Å². The highest BCUT2D eigenvalue weighted by atomic mass is 35.5. The Bertz CT molecular complexity index is 1370. The van der Waals surface area contributed by atoms with Crippen molar-refractivity contribution in [2.75, 3.05) is 18.0 Å². The van der Waals surface area contributed by atoms with Crippen molar-refractivity contribution in [1.82, 2.24) is 9.29 Å². The van der Waals surface area contributed by atoms with Crippen LogP contribution in [0.5, 0.6) is 0 Å². The molecule has 1 atom stereocenters. The molecule has 3 heterocycles. The number of hydrogen-bond donors (Lipinski definition) is 0. The molecule has 10 heteroatoms. The molecule has 0 aliphatic carbocycles. The first kappa shape index (κ1) is 23.0. The summed E-state index contributed by atoms with van der Waals surface area (Å²) in [5, 5.41) is 1.04. The standard InChI is InChI=1S/C24H22ClN3O4S2/c25-18-9-11-20(12-10-18)34(30,31)27-13-3-5-17(15-27)23(29)28(16-19-6-4-14-32-19)24-26-21-7-1-2-8-22(21)33-24/h1-2,4,6-12,14,17H,3,5,13,15-16H2. The zero-order valence-corrected chi connectivity index (χ0v) is 20.5. The summed E-state index contributed by atoms with van der Waals surface area (Å²) in [6.45, 7) is 0.712. The average molecular weight is 516 g/mol. The summed E-state index contributed by atoms with van der Waals surface area (Å²) in [4.78, 5) is 20.2. The van der Waals surface area contributed by atoms with Crippen LogP contribution in [0.3, 0.4) is 0 Å². The van der Waals surface area contributed by atoms with Crippen molar-refractivity contribution in [3.63, 3.8) is 0 Å². The van der Waals surface area contributed by atoms with E-state index >= 15 is 0 Å². The van der Waals surface area contributed by atoms with Gasteiger partial charge in [-0.2, -0.15) is 4.31 Å². The third-order valence-electron chi connectivity index (χ3n) is 5.86. The molecule has 1 amide bonds. The molecule has 2 aromatic heterocycles. The lowest BCUT2D eigenvalue weighted by atomic mass is 9.98. The number of anilines is 1. The van der Waals surface area contributed by atoms with Gasteiger partial charge in [-0.1, -0.05) is 35.1 Å². The molecule has 0 saturated carbocycles. The van der Waals surface area contributed by atoms with E-state index < -0.39 is 15.9 Å². The number of fused-ring (bicyclic) bond motifs is 1. The van der Waals surface area contributed by atoms with Crippen LogP contribution in [0.15, 0.2) is 76.2 Å². The summed E-state index contributed by atoms with van der Waals surface area (Å²) in [6.07, 6.45) is 2.76. The first-order valence-electron chi connectivity index (χ1n) is 10.9. The van der Waals surface area contributed by atoms with E-state index in [4.69, 9.17) is 16.0 Å². The van der Waals surface area contributed by atoms with Crippen molar-refractivity contribution < 1.29 is 17.6 Å². The maximum atomic E-state index is 13.8. The topological polar surface area (TPSA) is 83.7 Å². The second kappa shape index (κ2) is 9.50. The number of nitrogens with zero attached hydrogens (tertiary/aromatic N) is 3. The molecule has 0 radical (unpaired) electrons. The summed E-state index contributed by atoms with van der Waals surface area (Å²) in [5.74, 6) is -0.0154. The molecule has 7 nitrogen and oxygen atoms in total. The van der Waals surface area contributed by atoms with Crippen molar-refractivity contribution in [3.8, 4) is 0 Å². The average Bonchev–Trinajstić information content (AvgIpc) is 3.52. The monoisotopic (exact) mass is 515 g/mol. The van der Waals surface area contributed by atoms with E-state index in [0.29, 0.717) is 35.3 Å². The van der Waals surface area contributed by atoms with Crippen LogP contribution in [0.4, 0.5) is 5.13 Å². The van der Waals surface area contributed by atoms with E-state index in [1.807, 2.05) is 30.3 Å². The van der Waals surface area contributed by atoms with Gasteiger partial charge in [0.25, 0.3) is 0 Å². The molecule has 0 spiro atoms. The predicted octanol–water partition coefficient (Wildman–Crippen LogP) is 5.18. The van der Waals surface area contributed by atoms with Crippen LogP contribution in [-0.2, 0) is 21.4 Å². The second-order valence-corrected chi connectivity index (χ2v) is 11.5. The number of carbonyl (C=O) groups is 1. The van der Waals surface area contributed by atoms with Gasteiger partial charge in [0.2, 0.25) is 15.9 Å².